The van der Waals surface area contributed by atoms with Crippen molar-refractivity contribution in [1.29, 1.82) is 0 Å². The highest BCUT2D eigenvalue weighted by atomic mass is 32.1. The second-order valence-corrected chi connectivity index (χ2v) is 5.78. The minimum atomic E-state index is -0.374. The molecule has 0 spiro atoms. The van der Waals surface area contributed by atoms with Crippen LogP contribution >= 0.6 is 12.2 Å². The fraction of sp³-hybridized carbons (Fsp3) is 0.176. The molecule has 1 heterocycles. The SMILES string of the molecule is C[NH+](Cc1ccccc1)Cn1nc(-c2ccccc2F)oc1=S. The van der Waals surface area contributed by atoms with Crippen molar-refractivity contribution in [3.8, 4) is 11.5 Å². The summed E-state index contributed by atoms with van der Waals surface area (Å²) in [5.74, 6) is -0.165. The molecule has 118 valence electrons. The Balaban J connectivity index is 1.77. The molecule has 23 heavy (non-hydrogen) atoms. The van der Waals surface area contributed by atoms with Crippen molar-refractivity contribution >= 4 is 12.2 Å². The Kier molecular flexibility index (Phi) is 4.64. The fourth-order valence-corrected chi connectivity index (χ4v) is 2.59. The summed E-state index contributed by atoms with van der Waals surface area (Å²) in [4.78, 5) is 1.44. The minimum Gasteiger partial charge on any atom is -0.409 e. The Morgan fingerprint density at radius 3 is 2.57 bits per heavy atom. The summed E-state index contributed by atoms with van der Waals surface area (Å²) in [6.45, 7) is 1.39. The smallest absolute Gasteiger partial charge is 0.292 e. The van der Waals surface area contributed by atoms with E-state index in [1.54, 1.807) is 22.9 Å². The average Bonchev–Trinajstić information content (AvgIpc) is 2.89. The molecule has 0 saturated heterocycles. The minimum absolute atomic E-state index is 0.209. The van der Waals surface area contributed by atoms with Crippen LogP contribution in [0, 0.1) is 10.7 Å². The van der Waals surface area contributed by atoms with Crippen LogP contribution in [0.4, 0.5) is 4.39 Å². The Labute approximate surface area is 138 Å². The van der Waals surface area contributed by atoms with Crippen LogP contribution in [0.15, 0.2) is 59.0 Å². The average molecular weight is 330 g/mol. The quantitative estimate of drug-likeness (QED) is 0.731. The van der Waals surface area contributed by atoms with Crippen LogP contribution in [0.1, 0.15) is 5.56 Å². The van der Waals surface area contributed by atoms with Gasteiger partial charge in [-0.2, -0.15) is 4.68 Å². The third-order valence-corrected chi connectivity index (χ3v) is 3.77. The number of halogens is 1. The number of hydrogen-bond donors (Lipinski definition) is 1. The van der Waals surface area contributed by atoms with Crippen LogP contribution in [-0.4, -0.2) is 16.8 Å². The molecule has 0 bridgehead atoms. The van der Waals surface area contributed by atoms with E-state index in [0.29, 0.717) is 12.2 Å². The zero-order valence-corrected chi connectivity index (χ0v) is 13.5. The highest BCUT2D eigenvalue weighted by Crippen LogP contribution is 2.20. The van der Waals surface area contributed by atoms with Crippen molar-refractivity contribution in [1.82, 2.24) is 9.78 Å². The van der Waals surface area contributed by atoms with Crippen molar-refractivity contribution in [2.45, 2.75) is 13.2 Å². The van der Waals surface area contributed by atoms with Gasteiger partial charge in [-0.05, 0) is 24.4 Å². The van der Waals surface area contributed by atoms with Crippen molar-refractivity contribution < 1.29 is 13.7 Å². The van der Waals surface area contributed by atoms with Crippen molar-refractivity contribution in [2.24, 2.45) is 0 Å². The number of nitrogens with one attached hydrogen (secondary N) is 1. The van der Waals surface area contributed by atoms with Crippen molar-refractivity contribution in [3.63, 3.8) is 0 Å². The van der Waals surface area contributed by atoms with Crippen LogP contribution in [0.3, 0.4) is 0 Å². The van der Waals surface area contributed by atoms with Gasteiger partial charge in [-0.1, -0.05) is 42.5 Å². The number of benzene rings is 2. The lowest BCUT2D eigenvalue weighted by atomic mass is 10.2. The first-order valence-electron chi connectivity index (χ1n) is 7.31. The van der Waals surface area contributed by atoms with Gasteiger partial charge in [-0.25, -0.2) is 4.39 Å². The van der Waals surface area contributed by atoms with Gasteiger partial charge in [0.15, 0.2) is 6.67 Å². The van der Waals surface area contributed by atoms with Gasteiger partial charge in [0.25, 0.3) is 4.84 Å². The molecule has 2 aromatic carbocycles. The van der Waals surface area contributed by atoms with Gasteiger partial charge in [-0.3, -0.25) is 0 Å². The Morgan fingerprint density at radius 1 is 1.13 bits per heavy atom. The van der Waals surface area contributed by atoms with Gasteiger partial charge in [0.1, 0.15) is 12.4 Å². The van der Waals surface area contributed by atoms with Crippen molar-refractivity contribution in [2.75, 3.05) is 7.05 Å². The van der Waals surface area contributed by atoms with Crippen LogP contribution in [-0.2, 0) is 13.2 Å². The maximum atomic E-state index is 13.8. The second kappa shape index (κ2) is 6.85. The van der Waals surface area contributed by atoms with Crippen LogP contribution < -0.4 is 4.90 Å². The second-order valence-electron chi connectivity index (χ2n) is 5.43. The molecule has 3 aromatic rings. The molecule has 3 rings (SSSR count). The van der Waals surface area contributed by atoms with Crippen LogP contribution in [0.25, 0.3) is 11.5 Å². The number of aromatic nitrogens is 2. The molecule has 0 amide bonds. The lowest BCUT2D eigenvalue weighted by Gasteiger charge is -2.13. The Morgan fingerprint density at radius 2 is 1.83 bits per heavy atom. The van der Waals surface area contributed by atoms with E-state index >= 15 is 0 Å². The van der Waals surface area contributed by atoms with E-state index in [0.717, 1.165) is 6.54 Å². The predicted octanol–water partition coefficient (Wildman–Crippen LogP) is 2.68. The van der Waals surface area contributed by atoms with E-state index in [9.17, 15) is 4.39 Å². The van der Waals surface area contributed by atoms with Gasteiger partial charge >= 0.3 is 0 Å². The molecule has 1 N–H and O–H groups in total. The molecule has 0 radical (unpaired) electrons. The van der Waals surface area contributed by atoms with Gasteiger partial charge in [-0.15, -0.1) is 5.10 Å². The molecule has 1 aromatic heterocycles. The number of rotatable bonds is 5. The number of quaternary nitrogens is 1. The van der Waals surface area contributed by atoms with Gasteiger partial charge in [0.05, 0.1) is 12.6 Å². The summed E-state index contributed by atoms with van der Waals surface area (Å²) >= 11 is 5.20. The first kappa shape index (κ1) is 15.6. The molecule has 0 aliphatic rings. The number of nitrogens with zero attached hydrogens (tertiary/aromatic N) is 2. The van der Waals surface area contributed by atoms with E-state index in [1.807, 2.05) is 25.2 Å². The summed E-state index contributed by atoms with van der Waals surface area (Å²) in [5, 5.41) is 4.31. The molecule has 1 unspecified atom stereocenters. The summed E-state index contributed by atoms with van der Waals surface area (Å²) in [5.41, 5.74) is 1.55. The third kappa shape index (κ3) is 3.72. The molecule has 0 saturated carbocycles. The Hall–Kier alpha value is -2.31. The molecule has 1 atom stereocenters. The largest absolute Gasteiger partial charge is 0.409 e. The maximum Gasteiger partial charge on any atom is 0.292 e. The summed E-state index contributed by atoms with van der Waals surface area (Å²) in [7, 11) is 2.05. The standard InChI is InChI=1S/C17H16FN3OS/c1-20(11-13-7-3-2-4-8-13)12-21-17(23)22-16(19-21)14-9-5-6-10-15(14)18/h2-10H,11-12H2,1H3/p+1. The third-order valence-electron chi connectivity index (χ3n) is 3.48. The summed E-state index contributed by atoms with van der Waals surface area (Å²) < 4.78 is 20.9. The Bertz CT molecular complexity index is 844. The van der Waals surface area contributed by atoms with E-state index in [2.05, 4.69) is 17.2 Å². The predicted molar refractivity (Wildman–Crippen MR) is 87.8 cm³/mol. The molecule has 6 heteroatoms. The van der Waals surface area contributed by atoms with E-state index in [-0.39, 0.29) is 16.5 Å². The molecule has 0 fully saturated rings. The van der Waals surface area contributed by atoms with E-state index in [1.165, 1.54) is 16.5 Å². The van der Waals surface area contributed by atoms with Gasteiger partial charge in [0, 0.05) is 5.56 Å². The van der Waals surface area contributed by atoms with Gasteiger partial charge in [0.2, 0.25) is 5.89 Å². The zero-order chi connectivity index (χ0) is 16.2. The van der Waals surface area contributed by atoms with Crippen molar-refractivity contribution in [3.05, 3.63) is 70.8 Å². The molecular formula is C17H17FN3OS+. The molecule has 4 nitrogen and oxygen atoms in total. The normalized spacial score (nSPS) is 12.3. The first-order valence-corrected chi connectivity index (χ1v) is 7.72. The van der Waals surface area contributed by atoms with Gasteiger partial charge < -0.3 is 9.32 Å². The lowest BCUT2D eigenvalue weighted by molar-refractivity contribution is -0.917. The van der Waals surface area contributed by atoms with Crippen LogP contribution in [0.5, 0.6) is 0 Å². The lowest BCUT2D eigenvalue weighted by Crippen LogP contribution is -3.07. The van der Waals surface area contributed by atoms with E-state index in [4.69, 9.17) is 16.6 Å². The first-order chi connectivity index (χ1) is 11.1. The zero-order valence-electron chi connectivity index (χ0n) is 12.7. The maximum absolute atomic E-state index is 13.8. The molecule has 0 aliphatic heterocycles. The topological polar surface area (TPSA) is 35.4 Å². The number of hydrogen-bond acceptors (Lipinski definition) is 3. The summed E-state index contributed by atoms with van der Waals surface area (Å²) in [6, 6.07) is 16.5. The van der Waals surface area contributed by atoms with Crippen LogP contribution in [0.2, 0.25) is 0 Å². The molecule has 0 aliphatic carbocycles. The highest BCUT2D eigenvalue weighted by molar-refractivity contribution is 7.71. The summed E-state index contributed by atoms with van der Waals surface area (Å²) in [6.07, 6.45) is 0. The molecular weight excluding hydrogens is 313 g/mol. The van der Waals surface area contributed by atoms with E-state index < -0.39 is 0 Å². The fourth-order valence-electron chi connectivity index (χ4n) is 2.41. The monoisotopic (exact) mass is 330 g/mol. The highest BCUT2D eigenvalue weighted by Gasteiger charge is 2.14.